The number of carbonyl (C=O) groups is 1. The second kappa shape index (κ2) is 7.62. The van der Waals surface area contributed by atoms with Gasteiger partial charge in [-0.1, -0.05) is 24.9 Å². The fourth-order valence-corrected chi connectivity index (χ4v) is 3.65. The van der Waals surface area contributed by atoms with Crippen molar-refractivity contribution >= 4 is 18.3 Å². The van der Waals surface area contributed by atoms with Crippen molar-refractivity contribution in [2.75, 3.05) is 6.54 Å². The maximum absolute atomic E-state index is 12.3. The quantitative estimate of drug-likeness (QED) is 0.908. The number of hydrogen-bond acceptors (Lipinski definition) is 5. The number of halogens is 1. The van der Waals surface area contributed by atoms with Crippen LogP contribution in [0.25, 0.3) is 0 Å². The highest BCUT2D eigenvalue weighted by molar-refractivity contribution is 5.85. The fraction of sp³-hybridized carbons (Fsp3) is 0.812. The van der Waals surface area contributed by atoms with Crippen LogP contribution >= 0.6 is 12.4 Å². The molecule has 2 aliphatic rings. The van der Waals surface area contributed by atoms with Gasteiger partial charge in [-0.25, -0.2) is 0 Å². The van der Waals surface area contributed by atoms with Crippen LogP contribution in [-0.4, -0.2) is 27.5 Å². The molecule has 1 atom stereocenters. The third-order valence-corrected chi connectivity index (χ3v) is 4.95. The Morgan fingerprint density at radius 1 is 1.35 bits per heavy atom. The minimum Gasteiger partial charge on any atom is -0.337 e. The number of piperidine rings is 1. The molecule has 1 saturated carbocycles. The molecule has 0 aromatic carbocycles. The van der Waals surface area contributed by atoms with Gasteiger partial charge in [-0.2, -0.15) is 4.98 Å². The lowest BCUT2D eigenvalue weighted by Crippen LogP contribution is -2.38. The monoisotopic (exact) mass is 342 g/mol. The Kier molecular flexibility index (Phi) is 6.03. The van der Waals surface area contributed by atoms with Crippen molar-refractivity contribution in [3.05, 3.63) is 11.7 Å². The van der Waals surface area contributed by atoms with Crippen LogP contribution in [0.15, 0.2) is 4.52 Å². The third kappa shape index (κ3) is 3.69. The molecule has 2 heterocycles. The van der Waals surface area contributed by atoms with Crippen molar-refractivity contribution in [2.45, 2.75) is 76.3 Å². The topological polar surface area (TPSA) is 85.2 Å². The Bertz CT molecular complexity index is 528. The lowest BCUT2D eigenvalue weighted by atomic mass is 9.98. The smallest absolute Gasteiger partial charge is 0.249 e. The first-order chi connectivity index (χ1) is 10.6. The van der Waals surface area contributed by atoms with Gasteiger partial charge in [-0.3, -0.25) is 4.79 Å². The van der Waals surface area contributed by atoms with Gasteiger partial charge in [0.15, 0.2) is 5.82 Å². The van der Waals surface area contributed by atoms with Crippen molar-refractivity contribution in [1.29, 1.82) is 0 Å². The molecule has 1 aromatic rings. The number of amides is 1. The first kappa shape index (κ1) is 18.2. The highest BCUT2D eigenvalue weighted by atomic mass is 35.5. The standard InChI is InChI=1S/C16H26N4O2.ClH/c1-2-7-13(21)20-11-6-3-8-12(20)14-18-15(19-22-14)16(17)9-4-5-10-16;/h12H,2-11,17H2,1H3;1H. The van der Waals surface area contributed by atoms with Gasteiger partial charge >= 0.3 is 0 Å². The molecule has 1 unspecified atom stereocenters. The van der Waals surface area contributed by atoms with Crippen LogP contribution < -0.4 is 5.73 Å². The molecule has 130 valence electrons. The summed E-state index contributed by atoms with van der Waals surface area (Å²) in [5, 5.41) is 4.14. The van der Waals surface area contributed by atoms with Gasteiger partial charge in [-0.05, 0) is 38.5 Å². The molecule has 0 spiro atoms. The molecular weight excluding hydrogens is 316 g/mol. The van der Waals surface area contributed by atoms with Crippen LogP contribution in [0.2, 0.25) is 0 Å². The molecule has 1 aliphatic heterocycles. The Morgan fingerprint density at radius 2 is 2.09 bits per heavy atom. The highest BCUT2D eigenvalue weighted by Gasteiger charge is 2.38. The summed E-state index contributed by atoms with van der Waals surface area (Å²) in [5.41, 5.74) is 5.96. The molecule has 3 rings (SSSR count). The molecule has 1 amide bonds. The molecule has 0 bridgehead atoms. The van der Waals surface area contributed by atoms with Crippen molar-refractivity contribution < 1.29 is 9.32 Å². The van der Waals surface area contributed by atoms with E-state index in [1.54, 1.807) is 0 Å². The summed E-state index contributed by atoms with van der Waals surface area (Å²) < 4.78 is 5.51. The number of rotatable bonds is 4. The zero-order valence-electron chi connectivity index (χ0n) is 13.8. The van der Waals surface area contributed by atoms with Crippen LogP contribution in [0.3, 0.4) is 0 Å². The van der Waals surface area contributed by atoms with Crippen LogP contribution in [-0.2, 0) is 10.3 Å². The summed E-state index contributed by atoms with van der Waals surface area (Å²) in [6.07, 6.45) is 8.54. The van der Waals surface area contributed by atoms with E-state index in [-0.39, 0.29) is 24.4 Å². The number of nitrogens with two attached hydrogens (primary N) is 1. The molecule has 23 heavy (non-hydrogen) atoms. The third-order valence-electron chi connectivity index (χ3n) is 4.95. The summed E-state index contributed by atoms with van der Waals surface area (Å²) >= 11 is 0. The van der Waals surface area contributed by atoms with Crippen molar-refractivity contribution in [1.82, 2.24) is 15.0 Å². The van der Waals surface area contributed by atoms with Crippen molar-refractivity contribution in [3.63, 3.8) is 0 Å². The Labute approximate surface area is 143 Å². The average molecular weight is 343 g/mol. The normalized spacial score (nSPS) is 23.6. The maximum atomic E-state index is 12.3. The van der Waals surface area contributed by atoms with Crippen LogP contribution in [0.5, 0.6) is 0 Å². The van der Waals surface area contributed by atoms with E-state index in [9.17, 15) is 4.79 Å². The zero-order chi connectivity index (χ0) is 15.6. The summed E-state index contributed by atoms with van der Waals surface area (Å²) in [6.45, 7) is 2.81. The number of nitrogens with zero attached hydrogens (tertiary/aromatic N) is 3. The van der Waals surface area contributed by atoms with Gasteiger partial charge in [0.2, 0.25) is 11.8 Å². The second-order valence-corrected chi connectivity index (χ2v) is 6.67. The van der Waals surface area contributed by atoms with Gasteiger partial charge in [0, 0.05) is 13.0 Å². The van der Waals surface area contributed by atoms with E-state index < -0.39 is 5.54 Å². The average Bonchev–Trinajstić information content (AvgIpc) is 3.17. The maximum Gasteiger partial charge on any atom is 0.249 e. The lowest BCUT2D eigenvalue weighted by molar-refractivity contribution is -0.135. The summed E-state index contributed by atoms with van der Waals surface area (Å²) in [7, 11) is 0. The Balaban J connectivity index is 0.00000192. The number of carbonyl (C=O) groups excluding carboxylic acids is 1. The molecular formula is C16H27ClN4O2. The molecule has 7 heteroatoms. The van der Waals surface area contributed by atoms with Gasteiger partial charge in [0.05, 0.1) is 5.54 Å². The molecule has 1 aliphatic carbocycles. The Morgan fingerprint density at radius 3 is 2.78 bits per heavy atom. The number of likely N-dealkylation sites (tertiary alicyclic amines) is 1. The van der Waals surface area contributed by atoms with E-state index in [1.807, 2.05) is 11.8 Å². The van der Waals surface area contributed by atoms with E-state index in [1.165, 1.54) is 0 Å². The minimum atomic E-state index is -0.436. The second-order valence-electron chi connectivity index (χ2n) is 6.67. The fourth-order valence-electron chi connectivity index (χ4n) is 3.65. The van der Waals surface area contributed by atoms with Crippen LogP contribution in [0.4, 0.5) is 0 Å². The molecule has 1 aromatic heterocycles. The minimum absolute atomic E-state index is 0. The molecule has 0 radical (unpaired) electrons. The van der Waals surface area contributed by atoms with Crippen LogP contribution in [0.1, 0.15) is 82.5 Å². The lowest BCUT2D eigenvalue weighted by Gasteiger charge is -2.33. The van der Waals surface area contributed by atoms with Gasteiger partial charge in [0.1, 0.15) is 6.04 Å². The van der Waals surface area contributed by atoms with Gasteiger partial charge < -0.3 is 15.2 Å². The first-order valence-corrected chi connectivity index (χ1v) is 8.56. The summed E-state index contributed by atoms with van der Waals surface area (Å²) in [6, 6.07) is -0.0703. The zero-order valence-corrected chi connectivity index (χ0v) is 14.6. The molecule has 6 nitrogen and oxygen atoms in total. The first-order valence-electron chi connectivity index (χ1n) is 8.56. The SMILES string of the molecule is CCCC(=O)N1CCCCC1c1nc(C2(N)CCCC2)no1.Cl. The van der Waals surface area contributed by atoms with E-state index in [0.29, 0.717) is 18.1 Å². The Hall–Kier alpha value is -1.14. The predicted octanol–water partition coefficient (Wildman–Crippen LogP) is 3.07. The van der Waals surface area contributed by atoms with E-state index >= 15 is 0 Å². The molecule has 1 saturated heterocycles. The van der Waals surface area contributed by atoms with Gasteiger partial charge in [0.25, 0.3) is 0 Å². The van der Waals surface area contributed by atoms with Crippen molar-refractivity contribution in [3.8, 4) is 0 Å². The van der Waals surface area contributed by atoms with Gasteiger partial charge in [-0.15, -0.1) is 12.4 Å². The molecule has 2 fully saturated rings. The summed E-state index contributed by atoms with van der Waals surface area (Å²) in [4.78, 5) is 18.8. The van der Waals surface area contributed by atoms with E-state index in [2.05, 4.69) is 10.1 Å². The predicted molar refractivity (Wildman–Crippen MR) is 89.1 cm³/mol. The highest BCUT2D eigenvalue weighted by Crippen LogP contribution is 2.36. The largest absolute Gasteiger partial charge is 0.337 e. The van der Waals surface area contributed by atoms with Crippen LogP contribution in [0, 0.1) is 0 Å². The molecule has 2 N–H and O–H groups in total. The number of hydrogen-bond donors (Lipinski definition) is 1. The van der Waals surface area contributed by atoms with E-state index in [0.717, 1.165) is 57.9 Å². The van der Waals surface area contributed by atoms with Crippen molar-refractivity contribution in [2.24, 2.45) is 5.73 Å². The van der Waals surface area contributed by atoms with E-state index in [4.69, 9.17) is 10.3 Å². The number of aromatic nitrogens is 2. The summed E-state index contributed by atoms with van der Waals surface area (Å²) in [5.74, 6) is 1.37.